The average molecular weight is 233 g/mol. The van der Waals surface area contributed by atoms with Crippen LogP contribution in [0.15, 0.2) is 18.2 Å². The summed E-state index contributed by atoms with van der Waals surface area (Å²) in [5, 5.41) is 0. The maximum absolute atomic E-state index is 11.4. The van der Waals surface area contributed by atoms with E-state index in [1.165, 1.54) is 6.42 Å². The first kappa shape index (κ1) is 11.8. The average Bonchev–Trinajstić information content (AvgIpc) is 2.29. The van der Waals surface area contributed by atoms with E-state index in [2.05, 4.69) is 11.8 Å². The molecule has 1 aromatic rings. The number of nitrogens with zero attached hydrogens (tertiary/aromatic N) is 1. The molecule has 0 spiro atoms. The van der Waals surface area contributed by atoms with Crippen molar-refractivity contribution in [3.05, 3.63) is 23.8 Å². The van der Waals surface area contributed by atoms with Gasteiger partial charge in [0.15, 0.2) is 0 Å². The second-order valence-corrected chi connectivity index (χ2v) is 4.68. The Labute approximate surface area is 102 Å². The molecular formula is C13H19N3O. The molecule has 1 aliphatic rings. The number of piperidine rings is 1. The number of amides is 1. The maximum Gasteiger partial charge on any atom is 0.250 e. The van der Waals surface area contributed by atoms with Crippen LogP contribution in [-0.2, 0) is 0 Å². The van der Waals surface area contributed by atoms with Crippen molar-refractivity contribution in [1.29, 1.82) is 0 Å². The summed E-state index contributed by atoms with van der Waals surface area (Å²) in [6, 6.07) is 5.72. The van der Waals surface area contributed by atoms with Gasteiger partial charge in [-0.05, 0) is 44.4 Å². The summed E-state index contributed by atoms with van der Waals surface area (Å²) in [4.78, 5) is 13.7. The molecule has 92 valence electrons. The van der Waals surface area contributed by atoms with Gasteiger partial charge in [-0.3, -0.25) is 4.79 Å². The molecule has 4 heteroatoms. The van der Waals surface area contributed by atoms with Crippen molar-refractivity contribution in [3.8, 4) is 0 Å². The van der Waals surface area contributed by atoms with E-state index < -0.39 is 5.91 Å². The summed E-state index contributed by atoms with van der Waals surface area (Å²) in [6.07, 6.45) is 3.54. The second-order valence-electron chi connectivity index (χ2n) is 4.68. The van der Waals surface area contributed by atoms with Gasteiger partial charge in [-0.25, -0.2) is 0 Å². The third-order valence-electron chi connectivity index (χ3n) is 3.40. The van der Waals surface area contributed by atoms with Gasteiger partial charge in [0.1, 0.15) is 0 Å². The van der Waals surface area contributed by atoms with Crippen LogP contribution in [0.3, 0.4) is 0 Å². The van der Waals surface area contributed by atoms with Crippen LogP contribution in [0.25, 0.3) is 0 Å². The highest BCUT2D eigenvalue weighted by Crippen LogP contribution is 2.29. The highest BCUT2D eigenvalue weighted by Gasteiger charge is 2.22. The monoisotopic (exact) mass is 233 g/mol. The number of nitrogen functional groups attached to an aromatic ring is 1. The van der Waals surface area contributed by atoms with Gasteiger partial charge in [0, 0.05) is 18.3 Å². The summed E-state index contributed by atoms with van der Waals surface area (Å²) in [5.74, 6) is -0.391. The fourth-order valence-electron chi connectivity index (χ4n) is 2.45. The molecule has 1 saturated heterocycles. The normalized spacial score (nSPS) is 20.3. The SMILES string of the molecule is CC1CCCCN1c1cc(N)ccc1C(N)=O. The first-order valence-electron chi connectivity index (χ1n) is 6.05. The Bertz CT molecular complexity index is 431. The number of anilines is 2. The zero-order valence-corrected chi connectivity index (χ0v) is 10.1. The van der Waals surface area contributed by atoms with E-state index in [-0.39, 0.29) is 0 Å². The van der Waals surface area contributed by atoms with Gasteiger partial charge in [-0.1, -0.05) is 0 Å². The Balaban J connectivity index is 2.41. The smallest absolute Gasteiger partial charge is 0.250 e. The van der Waals surface area contributed by atoms with E-state index in [1.807, 2.05) is 6.07 Å². The summed E-state index contributed by atoms with van der Waals surface area (Å²) in [7, 11) is 0. The molecule has 0 aromatic heterocycles. The Morgan fingerprint density at radius 2 is 2.18 bits per heavy atom. The Morgan fingerprint density at radius 1 is 1.41 bits per heavy atom. The molecular weight excluding hydrogens is 214 g/mol. The molecule has 0 saturated carbocycles. The lowest BCUT2D eigenvalue weighted by atomic mass is 10.0. The molecule has 17 heavy (non-hydrogen) atoms. The van der Waals surface area contributed by atoms with E-state index in [0.717, 1.165) is 25.1 Å². The molecule has 0 radical (unpaired) electrons. The highest BCUT2D eigenvalue weighted by molar-refractivity contribution is 5.99. The fraction of sp³-hybridized carbons (Fsp3) is 0.462. The molecule has 1 amide bonds. The molecule has 1 heterocycles. The molecule has 1 unspecified atom stereocenters. The topological polar surface area (TPSA) is 72.3 Å². The van der Waals surface area contributed by atoms with Crippen molar-refractivity contribution in [2.45, 2.75) is 32.2 Å². The van der Waals surface area contributed by atoms with Crippen molar-refractivity contribution >= 4 is 17.3 Å². The summed E-state index contributed by atoms with van der Waals surface area (Å²) >= 11 is 0. The fourth-order valence-corrected chi connectivity index (χ4v) is 2.45. The Morgan fingerprint density at radius 3 is 2.82 bits per heavy atom. The van der Waals surface area contributed by atoms with Crippen LogP contribution in [-0.4, -0.2) is 18.5 Å². The highest BCUT2D eigenvalue weighted by atomic mass is 16.1. The quantitative estimate of drug-likeness (QED) is 0.764. The summed E-state index contributed by atoms with van der Waals surface area (Å²) in [6.45, 7) is 3.14. The molecule has 0 bridgehead atoms. The Kier molecular flexibility index (Phi) is 3.22. The zero-order valence-electron chi connectivity index (χ0n) is 10.1. The van der Waals surface area contributed by atoms with E-state index in [4.69, 9.17) is 11.5 Å². The minimum atomic E-state index is -0.391. The van der Waals surface area contributed by atoms with Crippen LogP contribution >= 0.6 is 0 Å². The number of rotatable bonds is 2. The van der Waals surface area contributed by atoms with E-state index in [0.29, 0.717) is 17.3 Å². The number of carbonyl (C=O) groups is 1. The van der Waals surface area contributed by atoms with Gasteiger partial charge in [0.05, 0.1) is 11.3 Å². The van der Waals surface area contributed by atoms with Crippen LogP contribution in [0.4, 0.5) is 11.4 Å². The molecule has 4 N–H and O–H groups in total. The van der Waals surface area contributed by atoms with Gasteiger partial charge in [0.25, 0.3) is 5.91 Å². The van der Waals surface area contributed by atoms with Crippen LogP contribution in [0.5, 0.6) is 0 Å². The third kappa shape index (κ3) is 2.35. The lowest BCUT2D eigenvalue weighted by Gasteiger charge is -2.36. The predicted octanol–water partition coefficient (Wildman–Crippen LogP) is 1.75. The molecule has 4 nitrogen and oxygen atoms in total. The third-order valence-corrected chi connectivity index (χ3v) is 3.40. The van der Waals surface area contributed by atoms with Crippen molar-refractivity contribution in [2.24, 2.45) is 5.73 Å². The standard InChI is InChI=1S/C13H19N3O/c1-9-4-2-3-7-16(9)12-8-10(14)5-6-11(12)13(15)17/h5-6,8-9H,2-4,7,14H2,1H3,(H2,15,17). The van der Waals surface area contributed by atoms with E-state index in [9.17, 15) is 4.79 Å². The van der Waals surface area contributed by atoms with Gasteiger partial charge in [-0.15, -0.1) is 0 Å². The number of benzene rings is 1. The number of nitrogens with two attached hydrogens (primary N) is 2. The number of hydrogen-bond donors (Lipinski definition) is 2. The van der Waals surface area contributed by atoms with E-state index in [1.54, 1.807) is 12.1 Å². The number of carbonyl (C=O) groups excluding carboxylic acids is 1. The Hall–Kier alpha value is -1.71. The molecule has 2 rings (SSSR count). The maximum atomic E-state index is 11.4. The number of hydrogen-bond acceptors (Lipinski definition) is 3. The van der Waals surface area contributed by atoms with Gasteiger partial charge in [0.2, 0.25) is 0 Å². The first-order chi connectivity index (χ1) is 8.09. The largest absolute Gasteiger partial charge is 0.399 e. The number of primary amides is 1. The van der Waals surface area contributed by atoms with Crippen molar-refractivity contribution in [3.63, 3.8) is 0 Å². The molecule has 0 aliphatic carbocycles. The van der Waals surface area contributed by atoms with Gasteiger partial charge < -0.3 is 16.4 Å². The predicted molar refractivity (Wildman–Crippen MR) is 70.0 cm³/mol. The summed E-state index contributed by atoms with van der Waals surface area (Å²) in [5.41, 5.74) is 13.3. The summed E-state index contributed by atoms with van der Waals surface area (Å²) < 4.78 is 0. The lowest BCUT2D eigenvalue weighted by molar-refractivity contribution is 0.100. The van der Waals surface area contributed by atoms with Crippen molar-refractivity contribution < 1.29 is 4.79 Å². The second kappa shape index (κ2) is 4.65. The van der Waals surface area contributed by atoms with Gasteiger partial charge in [-0.2, -0.15) is 0 Å². The molecule has 1 aliphatic heterocycles. The van der Waals surface area contributed by atoms with Crippen LogP contribution < -0.4 is 16.4 Å². The zero-order chi connectivity index (χ0) is 12.4. The molecule has 1 fully saturated rings. The van der Waals surface area contributed by atoms with Gasteiger partial charge >= 0.3 is 0 Å². The minimum Gasteiger partial charge on any atom is -0.399 e. The van der Waals surface area contributed by atoms with Crippen molar-refractivity contribution in [2.75, 3.05) is 17.2 Å². The van der Waals surface area contributed by atoms with Crippen LogP contribution in [0.1, 0.15) is 36.5 Å². The molecule has 1 atom stereocenters. The molecule has 1 aromatic carbocycles. The van der Waals surface area contributed by atoms with Crippen LogP contribution in [0.2, 0.25) is 0 Å². The van der Waals surface area contributed by atoms with Crippen LogP contribution in [0, 0.1) is 0 Å². The minimum absolute atomic E-state index is 0.391. The lowest BCUT2D eigenvalue weighted by Crippen LogP contribution is -2.38. The first-order valence-corrected chi connectivity index (χ1v) is 6.05. The van der Waals surface area contributed by atoms with E-state index >= 15 is 0 Å². The van der Waals surface area contributed by atoms with Crippen molar-refractivity contribution in [1.82, 2.24) is 0 Å².